The minimum Gasteiger partial charge on any atom is -0.398 e. The fraction of sp³-hybridized carbons (Fsp3) is 0.0800. The molecule has 0 saturated heterocycles. The zero-order chi connectivity index (χ0) is 23.7. The molecule has 170 valence electrons. The molecule has 8 nitrogen and oxygen atoms in total. The summed E-state index contributed by atoms with van der Waals surface area (Å²) in [6.45, 7) is 0.456. The van der Waals surface area contributed by atoms with Crippen molar-refractivity contribution in [2.24, 2.45) is 0 Å². The maximum atomic E-state index is 11.0. The standard InChI is InChI=1S/C25H23N7OS/c26-10-15-7-14(19-12-30-21-13-31-23(27)9-17(19)21)8-18(24(15)28)25(33)32-11-16-4-5-22(34-16)20-3-1-2-6-29-20/h1-10,12-13,25-26,30,32-33H,11,28H2,(H2,27,31). The molecule has 0 bridgehead atoms. The van der Waals surface area contributed by atoms with Gasteiger partial charge in [-0.15, -0.1) is 11.3 Å². The lowest BCUT2D eigenvalue weighted by molar-refractivity contribution is 0.138. The maximum Gasteiger partial charge on any atom is 0.133 e. The number of H-pyrrole nitrogens is 1. The van der Waals surface area contributed by atoms with Crippen LogP contribution in [0, 0.1) is 5.41 Å². The number of aromatic amines is 1. The maximum absolute atomic E-state index is 11.0. The SMILES string of the molecule is N=Cc1cc(-c2c[nH]c3cnc(N)cc23)cc(C(O)NCc2ccc(-c3ccccn3)s2)c1N. The lowest BCUT2D eigenvalue weighted by atomic mass is 9.97. The van der Waals surface area contributed by atoms with Crippen LogP contribution in [0.15, 0.2) is 67.1 Å². The van der Waals surface area contributed by atoms with Gasteiger partial charge < -0.3 is 27.0 Å². The van der Waals surface area contributed by atoms with Crippen molar-refractivity contribution in [3.05, 3.63) is 83.1 Å². The Labute approximate surface area is 199 Å². The number of nitrogens with zero attached hydrogens (tertiary/aromatic N) is 2. The number of anilines is 2. The molecule has 1 unspecified atom stereocenters. The number of aliphatic hydroxyl groups excluding tert-OH is 1. The van der Waals surface area contributed by atoms with Crippen molar-refractivity contribution in [2.75, 3.05) is 11.5 Å². The Bertz CT molecular complexity index is 1480. The van der Waals surface area contributed by atoms with E-state index in [1.54, 1.807) is 29.8 Å². The molecule has 34 heavy (non-hydrogen) atoms. The Morgan fingerprint density at radius 1 is 1.15 bits per heavy atom. The van der Waals surface area contributed by atoms with E-state index in [0.29, 0.717) is 29.2 Å². The fourth-order valence-corrected chi connectivity index (χ4v) is 4.84. The quantitative estimate of drug-likeness (QED) is 0.119. The Balaban J connectivity index is 1.42. The first-order valence-corrected chi connectivity index (χ1v) is 11.4. The number of aromatic nitrogens is 3. The second-order valence-corrected chi connectivity index (χ2v) is 9.00. The highest BCUT2D eigenvalue weighted by atomic mass is 32.1. The third-order valence-electron chi connectivity index (χ3n) is 5.64. The van der Waals surface area contributed by atoms with E-state index in [4.69, 9.17) is 16.9 Å². The van der Waals surface area contributed by atoms with Crippen molar-refractivity contribution in [1.82, 2.24) is 20.3 Å². The summed E-state index contributed by atoms with van der Waals surface area (Å²) < 4.78 is 0. The Hall–Kier alpha value is -4.05. The van der Waals surface area contributed by atoms with Gasteiger partial charge in [0, 0.05) is 57.8 Å². The van der Waals surface area contributed by atoms with Gasteiger partial charge >= 0.3 is 0 Å². The molecule has 1 atom stereocenters. The minimum absolute atomic E-state index is 0.361. The number of fused-ring (bicyclic) bond motifs is 1. The van der Waals surface area contributed by atoms with Gasteiger partial charge in [-0.1, -0.05) is 6.07 Å². The van der Waals surface area contributed by atoms with Crippen LogP contribution in [0.1, 0.15) is 22.2 Å². The Morgan fingerprint density at radius 3 is 2.82 bits per heavy atom. The molecule has 5 rings (SSSR count). The monoisotopic (exact) mass is 469 g/mol. The summed E-state index contributed by atoms with van der Waals surface area (Å²) in [5.41, 5.74) is 17.1. The fourth-order valence-electron chi connectivity index (χ4n) is 3.90. The summed E-state index contributed by atoms with van der Waals surface area (Å²) in [4.78, 5) is 13.8. The number of rotatable bonds is 7. The minimum atomic E-state index is -1.02. The van der Waals surface area contributed by atoms with E-state index in [0.717, 1.165) is 37.5 Å². The van der Waals surface area contributed by atoms with Gasteiger partial charge in [0.15, 0.2) is 0 Å². The molecule has 1 aromatic carbocycles. The van der Waals surface area contributed by atoms with Crippen LogP contribution in [0.3, 0.4) is 0 Å². The van der Waals surface area contributed by atoms with Gasteiger partial charge in [0.1, 0.15) is 12.0 Å². The third-order valence-corrected chi connectivity index (χ3v) is 6.75. The van der Waals surface area contributed by atoms with Crippen LogP contribution in [0.5, 0.6) is 0 Å². The van der Waals surface area contributed by atoms with E-state index in [1.165, 1.54) is 6.21 Å². The van der Waals surface area contributed by atoms with Gasteiger partial charge in [-0.25, -0.2) is 4.98 Å². The number of nitrogens with two attached hydrogens (primary N) is 2. The van der Waals surface area contributed by atoms with Gasteiger partial charge in [-0.3, -0.25) is 10.3 Å². The number of thiophene rings is 1. The van der Waals surface area contributed by atoms with Gasteiger partial charge in [-0.05, 0) is 48.0 Å². The average Bonchev–Trinajstić information content (AvgIpc) is 3.50. The van der Waals surface area contributed by atoms with Crippen molar-refractivity contribution in [1.29, 1.82) is 5.41 Å². The van der Waals surface area contributed by atoms with Crippen molar-refractivity contribution in [3.63, 3.8) is 0 Å². The molecule has 0 aliphatic carbocycles. The van der Waals surface area contributed by atoms with Crippen molar-refractivity contribution in [3.8, 4) is 21.7 Å². The summed E-state index contributed by atoms with van der Waals surface area (Å²) in [5.74, 6) is 0.416. The summed E-state index contributed by atoms with van der Waals surface area (Å²) in [6.07, 6.45) is 5.49. The molecule has 4 heterocycles. The number of nitrogen functional groups attached to an aromatic ring is 2. The Kier molecular flexibility index (Phi) is 5.81. The predicted octanol–water partition coefficient (Wildman–Crippen LogP) is 4.30. The zero-order valence-corrected chi connectivity index (χ0v) is 18.9. The van der Waals surface area contributed by atoms with Crippen LogP contribution in [0.4, 0.5) is 11.5 Å². The van der Waals surface area contributed by atoms with Crippen molar-refractivity contribution in [2.45, 2.75) is 12.8 Å². The number of benzene rings is 1. The van der Waals surface area contributed by atoms with Crippen molar-refractivity contribution >= 4 is 40.0 Å². The highest BCUT2D eigenvalue weighted by Crippen LogP contribution is 2.34. The van der Waals surface area contributed by atoms with Crippen LogP contribution in [-0.2, 0) is 6.54 Å². The molecule has 9 heteroatoms. The molecular weight excluding hydrogens is 446 g/mol. The number of aliphatic hydroxyl groups is 1. The van der Waals surface area contributed by atoms with E-state index in [9.17, 15) is 5.11 Å². The number of pyridine rings is 2. The molecule has 0 spiro atoms. The number of hydrogen-bond acceptors (Lipinski definition) is 8. The van der Waals surface area contributed by atoms with E-state index in [-0.39, 0.29) is 0 Å². The van der Waals surface area contributed by atoms with Crippen LogP contribution >= 0.6 is 11.3 Å². The molecule has 0 saturated carbocycles. The number of nitrogens with one attached hydrogen (secondary N) is 3. The highest BCUT2D eigenvalue weighted by molar-refractivity contribution is 7.15. The molecule has 0 aliphatic rings. The topological polar surface area (TPSA) is 150 Å². The first-order chi connectivity index (χ1) is 16.5. The summed E-state index contributed by atoms with van der Waals surface area (Å²) in [5, 5.41) is 22.8. The Morgan fingerprint density at radius 2 is 2.03 bits per heavy atom. The van der Waals surface area contributed by atoms with Crippen LogP contribution in [-0.4, -0.2) is 26.3 Å². The van der Waals surface area contributed by atoms with E-state index >= 15 is 0 Å². The molecule has 0 radical (unpaired) electrons. The van der Waals surface area contributed by atoms with Crippen LogP contribution in [0.25, 0.3) is 32.6 Å². The first-order valence-electron chi connectivity index (χ1n) is 10.6. The van der Waals surface area contributed by atoms with E-state index < -0.39 is 6.23 Å². The molecule has 0 amide bonds. The lowest BCUT2D eigenvalue weighted by Crippen LogP contribution is -2.21. The summed E-state index contributed by atoms with van der Waals surface area (Å²) >= 11 is 1.61. The first kappa shape index (κ1) is 21.8. The van der Waals surface area contributed by atoms with Crippen LogP contribution in [0.2, 0.25) is 0 Å². The lowest BCUT2D eigenvalue weighted by Gasteiger charge is -2.18. The smallest absolute Gasteiger partial charge is 0.133 e. The summed E-state index contributed by atoms with van der Waals surface area (Å²) in [6, 6.07) is 15.3. The second-order valence-electron chi connectivity index (χ2n) is 7.83. The molecule has 5 aromatic rings. The van der Waals surface area contributed by atoms with Crippen LogP contribution < -0.4 is 16.8 Å². The zero-order valence-electron chi connectivity index (χ0n) is 18.1. The molecular formula is C25H23N7OS. The van der Waals surface area contributed by atoms with Crippen molar-refractivity contribution < 1.29 is 5.11 Å². The normalized spacial score (nSPS) is 12.1. The van der Waals surface area contributed by atoms with Gasteiger partial charge in [0.25, 0.3) is 0 Å². The molecule has 0 fully saturated rings. The third kappa shape index (κ3) is 4.15. The van der Waals surface area contributed by atoms with E-state index in [2.05, 4.69) is 20.3 Å². The predicted molar refractivity (Wildman–Crippen MR) is 138 cm³/mol. The number of hydrogen-bond donors (Lipinski definition) is 6. The largest absolute Gasteiger partial charge is 0.398 e. The summed E-state index contributed by atoms with van der Waals surface area (Å²) in [7, 11) is 0. The molecule has 0 aliphatic heterocycles. The molecule has 4 aromatic heterocycles. The molecule has 8 N–H and O–H groups in total. The van der Waals surface area contributed by atoms with Gasteiger partial charge in [0.05, 0.1) is 22.3 Å². The van der Waals surface area contributed by atoms with Gasteiger partial charge in [0.2, 0.25) is 0 Å². The van der Waals surface area contributed by atoms with E-state index in [1.807, 2.05) is 48.7 Å². The van der Waals surface area contributed by atoms with Gasteiger partial charge in [-0.2, -0.15) is 0 Å². The average molecular weight is 470 g/mol. The second kappa shape index (κ2) is 9.06. The highest BCUT2D eigenvalue weighted by Gasteiger charge is 2.17.